The molecule has 12 heavy (non-hydrogen) atoms. The third-order valence-electron chi connectivity index (χ3n) is 1.96. The summed E-state index contributed by atoms with van der Waals surface area (Å²) in [6, 6.07) is 0. The second kappa shape index (κ2) is 3.94. The number of halogens is 1. The van der Waals surface area contributed by atoms with Crippen molar-refractivity contribution < 1.29 is 9.53 Å². The Balaban J connectivity index is 2.31. The van der Waals surface area contributed by atoms with Crippen LogP contribution in [0.1, 0.15) is 26.2 Å². The molecule has 1 aliphatic heterocycles. The van der Waals surface area contributed by atoms with Gasteiger partial charge in [-0.3, -0.25) is 0 Å². The highest BCUT2D eigenvalue weighted by atomic mass is 35.5. The molecule has 1 atom stereocenters. The lowest BCUT2D eigenvalue weighted by molar-refractivity contribution is -0.144. The van der Waals surface area contributed by atoms with Gasteiger partial charge in [0.1, 0.15) is 5.60 Å². The molecule has 0 amide bonds. The molecule has 1 heterocycles. The summed E-state index contributed by atoms with van der Waals surface area (Å²) >= 11 is 5.54. The van der Waals surface area contributed by atoms with Crippen LogP contribution in [-0.4, -0.2) is 17.5 Å². The fourth-order valence-corrected chi connectivity index (χ4v) is 1.44. The molecule has 0 aromatic heterocycles. The maximum absolute atomic E-state index is 10.8. The number of unbranched alkanes of at least 4 members (excludes halogenated alkanes) is 1. The first-order chi connectivity index (χ1) is 5.66. The van der Waals surface area contributed by atoms with Gasteiger partial charge in [-0.2, -0.15) is 0 Å². The standard InChI is InChI=1S/C9H13ClO2/c1-9(5-2-3-7-10)6-4-8(11)12-9/h4,6H,2-3,5,7H2,1H3. The highest BCUT2D eigenvalue weighted by molar-refractivity contribution is 6.17. The molecule has 0 spiro atoms. The molecule has 0 aromatic carbocycles. The Morgan fingerprint density at radius 3 is 2.83 bits per heavy atom. The van der Waals surface area contributed by atoms with Crippen LogP contribution in [0.2, 0.25) is 0 Å². The Labute approximate surface area is 77.5 Å². The third kappa shape index (κ3) is 2.52. The van der Waals surface area contributed by atoms with Gasteiger partial charge in [-0.15, -0.1) is 11.6 Å². The van der Waals surface area contributed by atoms with E-state index < -0.39 is 0 Å². The minimum absolute atomic E-state index is 0.233. The van der Waals surface area contributed by atoms with E-state index in [-0.39, 0.29) is 11.6 Å². The van der Waals surface area contributed by atoms with Crippen molar-refractivity contribution in [2.24, 2.45) is 0 Å². The summed E-state index contributed by atoms with van der Waals surface area (Å²) in [5, 5.41) is 0. The second-order valence-electron chi connectivity index (χ2n) is 3.21. The lowest BCUT2D eigenvalue weighted by atomic mass is 10.00. The molecule has 0 radical (unpaired) electrons. The zero-order valence-corrected chi connectivity index (χ0v) is 7.93. The van der Waals surface area contributed by atoms with Crippen LogP contribution in [0.25, 0.3) is 0 Å². The van der Waals surface area contributed by atoms with Crippen LogP contribution in [0.15, 0.2) is 12.2 Å². The molecule has 1 rings (SSSR count). The van der Waals surface area contributed by atoms with Crippen LogP contribution in [0.5, 0.6) is 0 Å². The third-order valence-corrected chi connectivity index (χ3v) is 2.23. The monoisotopic (exact) mass is 188 g/mol. The lowest BCUT2D eigenvalue weighted by Crippen LogP contribution is -2.23. The Bertz CT molecular complexity index is 201. The summed E-state index contributed by atoms with van der Waals surface area (Å²) in [6.07, 6.45) is 6.15. The molecule has 0 N–H and O–H groups in total. The first-order valence-electron chi connectivity index (χ1n) is 4.14. The Morgan fingerprint density at radius 1 is 1.58 bits per heavy atom. The molecule has 0 saturated heterocycles. The van der Waals surface area contributed by atoms with E-state index in [1.54, 1.807) is 0 Å². The number of ether oxygens (including phenoxy) is 1. The normalized spacial score (nSPS) is 27.7. The average Bonchev–Trinajstić information content (AvgIpc) is 2.32. The zero-order chi connectivity index (χ0) is 9.03. The van der Waals surface area contributed by atoms with Crippen molar-refractivity contribution >= 4 is 17.6 Å². The van der Waals surface area contributed by atoms with E-state index in [0.29, 0.717) is 5.88 Å². The van der Waals surface area contributed by atoms with Gasteiger partial charge in [0.25, 0.3) is 0 Å². The quantitative estimate of drug-likeness (QED) is 0.384. The fourth-order valence-electron chi connectivity index (χ4n) is 1.25. The number of esters is 1. The van der Waals surface area contributed by atoms with Gasteiger partial charge in [0, 0.05) is 12.0 Å². The van der Waals surface area contributed by atoms with Crippen molar-refractivity contribution in [3.05, 3.63) is 12.2 Å². The van der Waals surface area contributed by atoms with E-state index in [1.807, 2.05) is 13.0 Å². The van der Waals surface area contributed by atoms with Gasteiger partial charge >= 0.3 is 5.97 Å². The van der Waals surface area contributed by atoms with Crippen LogP contribution < -0.4 is 0 Å². The predicted molar refractivity (Wildman–Crippen MR) is 48.2 cm³/mol. The number of rotatable bonds is 4. The molecule has 2 nitrogen and oxygen atoms in total. The smallest absolute Gasteiger partial charge is 0.331 e. The molecule has 0 aliphatic carbocycles. The molecule has 0 aromatic rings. The average molecular weight is 189 g/mol. The summed E-state index contributed by atoms with van der Waals surface area (Å²) in [4.78, 5) is 10.8. The maximum atomic E-state index is 10.8. The van der Waals surface area contributed by atoms with Gasteiger partial charge in [-0.1, -0.05) is 0 Å². The fraction of sp³-hybridized carbons (Fsp3) is 0.667. The molecule has 0 bridgehead atoms. The molecule has 1 aliphatic rings. The number of hydrogen-bond acceptors (Lipinski definition) is 2. The first kappa shape index (κ1) is 9.59. The van der Waals surface area contributed by atoms with Crippen molar-refractivity contribution in [2.75, 3.05) is 5.88 Å². The Kier molecular flexibility index (Phi) is 3.15. The van der Waals surface area contributed by atoms with Crippen molar-refractivity contribution in [1.29, 1.82) is 0 Å². The summed E-state index contributed by atoms with van der Waals surface area (Å²) in [7, 11) is 0. The summed E-state index contributed by atoms with van der Waals surface area (Å²) in [5.74, 6) is 0.441. The summed E-state index contributed by atoms with van der Waals surface area (Å²) < 4.78 is 5.10. The molecule has 68 valence electrons. The minimum Gasteiger partial charge on any atom is -0.452 e. The van der Waals surface area contributed by atoms with E-state index in [4.69, 9.17) is 16.3 Å². The topological polar surface area (TPSA) is 26.3 Å². The van der Waals surface area contributed by atoms with Crippen LogP contribution in [0.4, 0.5) is 0 Å². The predicted octanol–water partition coefficient (Wildman–Crippen LogP) is 2.27. The molecule has 1 unspecified atom stereocenters. The van der Waals surface area contributed by atoms with Crippen LogP contribution in [0.3, 0.4) is 0 Å². The minimum atomic E-state index is -0.372. The largest absolute Gasteiger partial charge is 0.452 e. The van der Waals surface area contributed by atoms with Crippen LogP contribution >= 0.6 is 11.6 Å². The van der Waals surface area contributed by atoms with Crippen molar-refractivity contribution in [3.8, 4) is 0 Å². The summed E-state index contributed by atoms with van der Waals surface area (Å²) in [5.41, 5.74) is -0.372. The SMILES string of the molecule is CC1(CCCCCl)C=CC(=O)O1. The van der Waals surface area contributed by atoms with E-state index in [1.165, 1.54) is 6.08 Å². The molecule has 0 saturated carbocycles. The van der Waals surface area contributed by atoms with Crippen LogP contribution in [0, 0.1) is 0 Å². The van der Waals surface area contributed by atoms with E-state index in [0.717, 1.165) is 19.3 Å². The van der Waals surface area contributed by atoms with Crippen molar-refractivity contribution in [1.82, 2.24) is 0 Å². The van der Waals surface area contributed by atoms with Gasteiger partial charge in [-0.05, 0) is 32.3 Å². The van der Waals surface area contributed by atoms with Gasteiger partial charge < -0.3 is 4.74 Å². The number of alkyl halides is 1. The van der Waals surface area contributed by atoms with Gasteiger partial charge in [0.15, 0.2) is 0 Å². The number of hydrogen-bond donors (Lipinski definition) is 0. The van der Waals surface area contributed by atoms with E-state index in [9.17, 15) is 4.79 Å². The van der Waals surface area contributed by atoms with E-state index >= 15 is 0 Å². The molecular weight excluding hydrogens is 176 g/mol. The number of carbonyl (C=O) groups excluding carboxylic acids is 1. The first-order valence-corrected chi connectivity index (χ1v) is 4.68. The van der Waals surface area contributed by atoms with Crippen molar-refractivity contribution in [3.63, 3.8) is 0 Å². The molecule has 0 fully saturated rings. The number of carbonyl (C=O) groups is 1. The molecular formula is C9H13ClO2. The van der Waals surface area contributed by atoms with E-state index in [2.05, 4.69) is 0 Å². The van der Waals surface area contributed by atoms with Crippen LogP contribution in [-0.2, 0) is 9.53 Å². The van der Waals surface area contributed by atoms with Gasteiger partial charge in [0.05, 0.1) is 0 Å². The zero-order valence-electron chi connectivity index (χ0n) is 7.18. The van der Waals surface area contributed by atoms with Gasteiger partial charge in [0.2, 0.25) is 0 Å². The second-order valence-corrected chi connectivity index (χ2v) is 3.59. The molecule has 3 heteroatoms. The Morgan fingerprint density at radius 2 is 2.33 bits per heavy atom. The van der Waals surface area contributed by atoms with Crippen molar-refractivity contribution in [2.45, 2.75) is 31.8 Å². The number of cyclic esters (lactones) is 1. The lowest BCUT2D eigenvalue weighted by Gasteiger charge is -2.20. The Hall–Kier alpha value is -0.500. The maximum Gasteiger partial charge on any atom is 0.331 e. The highest BCUT2D eigenvalue weighted by Gasteiger charge is 2.29. The van der Waals surface area contributed by atoms with Gasteiger partial charge in [-0.25, -0.2) is 4.79 Å². The summed E-state index contributed by atoms with van der Waals surface area (Å²) in [6.45, 7) is 1.92. The highest BCUT2D eigenvalue weighted by Crippen LogP contribution is 2.25.